The zero-order chi connectivity index (χ0) is 16.1. The van der Waals surface area contributed by atoms with E-state index in [1.54, 1.807) is 24.3 Å². The second kappa shape index (κ2) is 7.31. The Kier molecular flexibility index (Phi) is 5.43. The number of hydrogen-bond donors (Lipinski definition) is 3. The van der Waals surface area contributed by atoms with Crippen molar-refractivity contribution in [3.63, 3.8) is 0 Å². The van der Waals surface area contributed by atoms with Gasteiger partial charge < -0.3 is 20.2 Å². The molecular formula is C14H12Cl2N2O4. The highest BCUT2D eigenvalue weighted by Crippen LogP contribution is 2.29. The van der Waals surface area contributed by atoms with Crippen LogP contribution in [0.4, 0.5) is 5.69 Å². The SMILES string of the molecule is O=C(Nc1cccc(Cl)c1Cl)C(=O)NC(CO)c1ccco1. The zero-order valence-corrected chi connectivity index (χ0v) is 12.7. The Labute approximate surface area is 136 Å². The molecule has 0 saturated carbocycles. The molecule has 8 heteroatoms. The van der Waals surface area contributed by atoms with Crippen LogP contribution in [0.2, 0.25) is 10.0 Å². The number of benzene rings is 1. The largest absolute Gasteiger partial charge is 0.467 e. The van der Waals surface area contributed by atoms with Crippen LogP contribution in [0.1, 0.15) is 11.8 Å². The first kappa shape index (κ1) is 16.4. The Morgan fingerprint density at radius 1 is 1.18 bits per heavy atom. The van der Waals surface area contributed by atoms with Gasteiger partial charge in [-0.05, 0) is 24.3 Å². The van der Waals surface area contributed by atoms with Gasteiger partial charge in [0, 0.05) is 0 Å². The van der Waals surface area contributed by atoms with Crippen LogP contribution in [-0.4, -0.2) is 23.5 Å². The molecule has 0 aliphatic carbocycles. The molecule has 1 aromatic carbocycles. The van der Waals surface area contributed by atoms with E-state index in [0.717, 1.165) is 0 Å². The Hall–Kier alpha value is -2.02. The van der Waals surface area contributed by atoms with E-state index in [-0.39, 0.29) is 15.7 Å². The van der Waals surface area contributed by atoms with Crippen LogP contribution < -0.4 is 10.6 Å². The molecule has 0 aliphatic heterocycles. The van der Waals surface area contributed by atoms with E-state index in [1.165, 1.54) is 12.3 Å². The summed E-state index contributed by atoms with van der Waals surface area (Å²) in [5, 5.41) is 14.3. The average Bonchev–Trinajstić information content (AvgIpc) is 3.03. The van der Waals surface area contributed by atoms with Crippen molar-refractivity contribution in [1.29, 1.82) is 0 Å². The summed E-state index contributed by atoms with van der Waals surface area (Å²) in [5.41, 5.74) is 0.216. The number of nitrogens with one attached hydrogen (secondary N) is 2. The van der Waals surface area contributed by atoms with Gasteiger partial charge in [-0.2, -0.15) is 0 Å². The minimum Gasteiger partial charge on any atom is -0.467 e. The van der Waals surface area contributed by atoms with Gasteiger partial charge in [0.15, 0.2) is 0 Å². The molecule has 1 unspecified atom stereocenters. The molecule has 0 spiro atoms. The number of hydrogen-bond acceptors (Lipinski definition) is 4. The first-order chi connectivity index (χ1) is 10.5. The highest BCUT2D eigenvalue weighted by Gasteiger charge is 2.22. The number of anilines is 1. The third-order valence-electron chi connectivity index (χ3n) is 2.78. The second-order valence-electron chi connectivity index (χ2n) is 4.28. The lowest BCUT2D eigenvalue weighted by Gasteiger charge is -2.14. The monoisotopic (exact) mass is 342 g/mol. The number of carbonyl (C=O) groups excluding carboxylic acids is 2. The summed E-state index contributed by atoms with van der Waals surface area (Å²) in [6, 6.07) is 7.01. The standard InChI is InChI=1S/C14H12Cl2N2O4/c15-8-3-1-4-9(12(8)16)17-13(20)14(21)18-10(7-19)11-5-2-6-22-11/h1-6,10,19H,7H2,(H,17,20)(H,18,21). The quantitative estimate of drug-likeness (QED) is 0.744. The first-order valence-electron chi connectivity index (χ1n) is 6.23. The number of furan rings is 1. The van der Waals surface area contributed by atoms with E-state index in [2.05, 4.69) is 10.6 Å². The van der Waals surface area contributed by atoms with Gasteiger partial charge in [-0.3, -0.25) is 9.59 Å². The predicted molar refractivity (Wildman–Crippen MR) is 81.8 cm³/mol. The number of amides is 2. The molecule has 2 aromatic rings. The van der Waals surface area contributed by atoms with Crippen LogP contribution in [0.25, 0.3) is 0 Å². The molecule has 2 amide bonds. The van der Waals surface area contributed by atoms with Gasteiger partial charge in [0.05, 0.1) is 28.6 Å². The van der Waals surface area contributed by atoms with Crippen LogP contribution in [0.3, 0.4) is 0 Å². The number of aliphatic hydroxyl groups is 1. The fourth-order valence-corrected chi connectivity index (χ4v) is 2.05. The van der Waals surface area contributed by atoms with Crippen molar-refractivity contribution in [3.05, 3.63) is 52.4 Å². The van der Waals surface area contributed by atoms with E-state index in [4.69, 9.17) is 27.6 Å². The van der Waals surface area contributed by atoms with Crippen LogP contribution in [0.5, 0.6) is 0 Å². The summed E-state index contributed by atoms with van der Waals surface area (Å²) < 4.78 is 5.08. The topological polar surface area (TPSA) is 91.6 Å². The second-order valence-corrected chi connectivity index (χ2v) is 5.06. The number of rotatable bonds is 4. The van der Waals surface area contributed by atoms with Crippen molar-refractivity contribution in [1.82, 2.24) is 5.32 Å². The highest BCUT2D eigenvalue weighted by atomic mass is 35.5. The van der Waals surface area contributed by atoms with E-state index < -0.39 is 24.5 Å². The lowest BCUT2D eigenvalue weighted by molar-refractivity contribution is -0.136. The van der Waals surface area contributed by atoms with Gasteiger partial charge in [-0.15, -0.1) is 0 Å². The fourth-order valence-electron chi connectivity index (χ4n) is 1.70. The lowest BCUT2D eigenvalue weighted by atomic mass is 10.2. The molecule has 0 radical (unpaired) electrons. The molecule has 22 heavy (non-hydrogen) atoms. The van der Waals surface area contributed by atoms with Crippen molar-refractivity contribution < 1.29 is 19.1 Å². The van der Waals surface area contributed by atoms with Gasteiger partial charge in [-0.25, -0.2) is 0 Å². The molecule has 0 fully saturated rings. The maximum Gasteiger partial charge on any atom is 0.313 e. The predicted octanol–water partition coefficient (Wildman–Crippen LogP) is 2.37. The Balaban J connectivity index is 2.03. The molecule has 0 saturated heterocycles. The Bertz CT molecular complexity index is 673. The first-order valence-corrected chi connectivity index (χ1v) is 6.98. The molecule has 6 nitrogen and oxygen atoms in total. The van der Waals surface area contributed by atoms with Crippen LogP contribution in [0, 0.1) is 0 Å². The van der Waals surface area contributed by atoms with Gasteiger partial charge >= 0.3 is 11.8 Å². The summed E-state index contributed by atoms with van der Waals surface area (Å²) >= 11 is 11.7. The number of halogens is 2. The maximum atomic E-state index is 11.9. The number of carbonyl (C=O) groups is 2. The van der Waals surface area contributed by atoms with Crippen molar-refractivity contribution in [2.45, 2.75) is 6.04 Å². The third-order valence-corrected chi connectivity index (χ3v) is 3.60. The molecule has 2 rings (SSSR count). The summed E-state index contributed by atoms with van der Waals surface area (Å²) in [5.74, 6) is -1.54. The summed E-state index contributed by atoms with van der Waals surface area (Å²) in [6.07, 6.45) is 1.40. The Morgan fingerprint density at radius 3 is 2.59 bits per heavy atom. The molecule has 0 bridgehead atoms. The summed E-state index contributed by atoms with van der Waals surface area (Å²) in [6.45, 7) is -0.412. The van der Waals surface area contributed by atoms with Gasteiger partial charge in [-0.1, -0.05) is 29.3 Å². The van der Waals surface area contributed by atoms with Crippen molar-refractivity contribution in [2.24, 2.45) is 0 Å². The number of aliphatic hydroxyl groups excluding tert-OH is 1. The normalized spacial score (nSPS) is 11.8. The van der Waals surface area contributed by atoms with Crippen LogP contribution in [-0.2, 0) is 9.59 Å². The zero-order valence-electron chi connectivity index (χ0n) is 11.2. The van der Waals surface area contributed by atoms with Gasteiger partial charge in [0.1, 0.15) is 11.8 Å². The van der Waals surface area contributed by atoms with Crippen LogP contribution >= 0.6 is 23.2 Å². The van der Waals surface area contributed by atoms with E-state index in [9.17, 15) is 14.7 Å². The van der Waals surface area contributed by atoms with E-state index in [0.29, 0.717) is 5.76 Å². The average molecular weight is 343 g/mol. The highest BCUT2D eigenvalue weighted by molar-refractivity contribution is 6.45. The Morgan fingerprint density at radius 2 is 1.95 bits per heavy atom. The molecular weight excluding hydrogens is 331 g/mol. The van der Waals surface area contributed by atoms with Crippen molar-refractivity contribution in [2.75, 3.05) is 11.9 Å². The minimum atomic E-state index is -0.938. The molecule has 1 aromatic heterocycles. The minimum absolute atomic E-state index is 0.134. The van der Waals surface area contributed by atoms with E-state index in [1.807, 2.05) is 0 Å². The molecule has 116 valence electrons. The smallest absolute Gasteiger partial charge is 0.313 e. The fraction of sp³-hybridized carbons (Fsp3) is 0.143. The van der Waals surface area contributed by atoms with Gasteiger partial charge in [0.25, 0.3) is 0 Å². The van der Waals surface area contributed by atoms with Crippen LogP contribution in [0.15, 0.2) is 41.0 Å². The maximum absolute atomic E-state index is 11.9. The summed E-state index contributed by atoms with van der Waals surface area (Å²) in [4.78, 5) is 23.7. The molecule has 0 aliphatic rings. The van der Waals surface area contributed by atoms with Gasteiger partial charge in [0.2, 0.25) is 0 Å². The molecule has 1 atom stereocenters. The summed E-state index contributed by atoms with van der Waals surface area (Å²) in [7, 11) is 0. The van der Waals surface area contributed by atoms with E-state index >= 15 is 0 Å². The third kappa shape index (κ3) is 3.79. The van der Waals surface area contributed by atoms with Crippen molar-refractivity contribution in [3.8, 4) is 0 Å². The van der Waals surface area contributed by atoms with Crippen molar-refractivity contribution >= 4 is 40.7 Å². The molecule has 1 heterocycles. The molecule has 3 N–H and O–H groups in total. The lowest BCUT2D eigenvalue weighted by Crippen LogP contribution is -2.39.